The normalized spacial score (nSPS) is 10.4. The fraction of sp³-hybridized carbons (Fsp3) is 0.600. The molecule has 0 heterocycles. The van der Waals surface area contributed by atoms with Crippen LogP contribution in [0, 0.1) is 10.1 Å². The number of ether oxygens (including phenoxy) is 1. The second-order valence-corrected chi connectivity index (χ2v) is 4.76. The molecule has 0 fully saturated rings. The molecule has 0 spiro atoms. The van der Waals surface area contributed by atoms with Gasteiger partial charge >= 0.3 is 0 Å². The minimum Gasteiger partial charge on any atom is -0.494 e. The fourth-order valence-electron chi connectivity index (χ4n) is 1.81. The van der Waals surface area contributed by atoms with Gasteiger partial charge in [0.2, 0.25) is 0 Å². The predicted molar refractivity (Wildman–Crippen MR) is 80.2 cm³/mol. The van der Waals surface area contributed by atoms with Gasteiger partial charge in [0, 0.05) is 12.1 Å². The quantitative estimate of drug-likeness (QED) is 0.382. The van der Waals surface area contributed by atoms with Crippen LogP contribution in [0.25, 0.3) is 0 Å². The molecular formula is C15H24N2O3. The number of nitro groups is 1. The van der Waals surface area contributed by atoms with Crippen molar-refractivity contribution in [3.8, 4) is 5.75 Å². The first-order chi connectivity index (χ1) is 9.74. The van der Waals surface area contributed by atoms with Gasteiger partial charge in [-0.25, -0.2) is 0 Å². The van der Waals surface area contributed by atoms with E-state index in [0.29, 0.717) is 12.4 Å². The Morgan fingerprint density at radius 1 is 1.10 bits per heavy atom. The summed E-state index contributed by atoms with van der Waals surface area (Å²) < 4.78 is 5.54. The van der Waals surface area contributed by atoms with Gasteiger partial charge in [-0.3, -0.25) is 10.1 Å². The second-order valence-electron chi connectivity index (χ2n) is 4.76. The molecule has 0 bridgehead atoms. The Bertz CT molecular complexity index is 379. The van der Waals surface area contributed by atoms with Crippen molar-refractivity contribution in [2.24, 2.45) is 0 Å². The Kier molecular flexibility index (Phi) is 8.38. The molecule has 0 aliphatic rings. The molecule has 0 radical (unpaired) electrons. The number of rotatable bonds is 11. The third kappa shape index (κ3) is 7.09. The van der Waals surface area contributed by atoms with Gasteiger partial charge in [0.05, 0.1) is 11.5 Å². The van der Waals surface area contributed by atoms with Gasteiger partial charge in [0.15, 0.2) is 0 Å². The Balaban J connectivity index is 2.02. The number of non-ortho nitro benzene ring substituents is 1. The Labute approximate surface area is 120 Å². The molecule has 112 valence electrons. The molecule has 5 nitrogen and oxygen atoms in total. The number of unbranched alkanes of at least 4 members (excludes halogenated alkanes) is 3. The molecule has 20 heavy (non-hydrogen) atoms. The molecule has 0 saturated heterocycles. The van der Waals surface area contributed by atoms with Crippen molar-refractivity contribution in [2.45, 2.75) is 39.0 Å². The van der Waals surface area contributed by atoms with Gasteiger partial charge in [0.25, 0.3) is 5.69 Å². The van der Waals surface area contributed by atoms with E-state index in [2.05, 4.69) is 12.2 Å². The molecule has 1 rings (SSSR count). The molecule has 0 amide bonds. The SMILES string of the molecule is CCCCNCCCCCOc1ccc([N+](=O)[O-])cc1. The van der Waals surface area contributed by atoms with Crippen LogP contribution in [0.4, 0.5) is 5.69 Å². The Morgan fingerprint density at radius 3 is 2.45 bits per heavy atom. The van der Waals surface area contributed by atoms with Crippen molar-refractivity contribution in [2.75, 3.05) is 19.7 Å². The van der Waals surface area contributed by atoms with Crippen LogP contribution in [0.3, 0.4) is 0 Å². The highest BCUT2D eigenvalue weighted by atomic mass is 16.6. The maximum absolute atomic E-state index is 10.5. The lowest BCUT2D eigenvalue weighted by atomic mass is 10.2. The first kappa shape index (κ1) is 16.4. The van der Waals surface area contributed by atoms with Crippen LogP contribution in [0.15, 0.2) is 24.3 Å². The van der Waals surface area contributed by atoms with Crippen LogP contribution < -0.4 is 10.1 Å². The number of nitrogens with one attached hydrogen (secondary N) is 1. The average molecular weight is 280 g/mol. The fourth-order valence-corrected chi connectivity index (χ4v) is 1.81. The van der Waals surface area contributed by atoms with Crippen molar-refractivity contribution in [3.63, 3.8) is 0 Å². The number of hydrogen-bond acceptors (Lipinski definition) is 4. The molecule has 0 aliphatic carbocycles. The number of hydrogen-bond donors (Lipinski definition) is 1. The van der Waals surface area contributed by atoms with E-state index in [9.17, 15) is 10.1 Å². The van der Waals surface area contributed by atoms with E-state index < -0.39 is 4.92 Å². The lowest BCUT2D eigenvalue weighted by Crippen LogP contribution is -2.16. The van der Waals surface area contributed by atoms with E-state index in [1.54, 1.807) is 12.1 Å². The van der Waals surface area contributed by atoms with E-state index in [0.717, 1.165) is 32.4 Å². The zero-order valence-corrected chi connectivity index (χ0v) is 12.1. The molecule has 0 aliphatic heterocycles. The first-order valence-electron chi connectivity index (χ1n) is 7.32. The molecule has 0 aromatic heterocycles. The number of nitro benzene ring substituents is 1. The summed E-state index contributed by atoms with van der Waals surface area (Å²) in [5.74, 6) is 0.691. The lowest BCUT2D eigenvalue weighted by Gasteiger charge is -2.06. The highest BCUT2D eigenvalue weighted by Gasteiger charge is 2.03. The van der Waals surface area contributed by atoms with Crippen LogP contribution in [0.1, 0.15) is 39.0 Å². The van der Waals surface area contributed by atoms with Gasteiger partial charge in [-0.2, -0.15) is 0 Å². The third-order valence-electron chi connectivity index (χ3n) is 3.02. The number of benzene rings is 1. The van der Waals surface area contributed by atoms with Crippen molar-refractivity contribution in [3.05, 3.63) is 34.4 Å². The van der Waals surface area contributed by atoms with Gasteiger partial charge in [-0.05, 0) is 50.9 Å². The summed E-state index contributed by atoms with van der Waals surface area (Å²) in [4.78, 5) is 10.1. The summed E-state index contributed by atoms with van der Waals surface area (Å²) >= 11 is 0. The maximum Gasteiger partial charge on any atom is 0.269 e. The van der Waals surface area contributed by atoms with Crippen LogP contribution in [0.2, 0.25) is 0 Å². The van der Waals surface area contributed by atoms with E-state index in [4.69, 9.17) is 4.74 Å². The monoisotopic (exact) mass is 280 g/mol. The summed E-state index contributed by atoms with van der Waals surface area (Å²) in [6.07, 6.45) is 5.77. The third-order valence-corrected chi connectivity index (χ3v) is 3.02. The molecule has 0 atom stereocenters. The molecule has 1 aromatic carbocycles. The zero-order chi connectivity index (χ0) is 14.6. The molecule has 5 heteroatoms. The molecule has 0 saturated carbocycles. The van der Waals surface area contributed by atoms with E-state index >= 15 is 0 Å². The average Bonchev–Trinajstić information content (AvgIpc) is 2.46. The first-order valence-corrected chi connectivity index (χ1v) is 7.32. The van der Waals surface area contributed by atoms with Crippen LogP contribution in [-0.4, -0.2) is 24.6 Å². The van der Waals surface area contributed by atoms with Crippen molar-refractivity contribution < 1.29 is 9.66 Å². The van der Waals surface area contributed by atoms with E-state index in [1.807, 2.05) is 0 Å². The molecule has 1 aromatic rings. The molecule has 1 N–H and O–H groups in total. The van der Waals surface area contributed by atoms with Gasteiger partial charge in [-0.1, -0.05) is 13.3 Å². The van der Waals surface area contributed by atoms with Crippen molar-refractivity contribution in [1.82, 2.24) is 5.32 Å². The minimum atomic E-state index is -0.407. The summed E-state index contributed by atoms with van der Waals surface area (Å²) in [7, 11) is 0. The van der Waals surface area contributed by atoms with Gasteiger partial charge in [-0.15, -0.1) is 0 Å². The summed E-state index contributed by atoms with van der Waals surface area (Å²) in [6, 6.07) is 6.22. The van der Waals surface area contributed by atoms with E-state index in [-0.39, 0.29) is 5.69 Å². The summed E-state index contributed by atoms with van der Waals surface area (Å²) in [6.45, 7) is 5.03. The van der Waals surface area contributed by atoms with Crippen molar-refractivity contribution >= 4 is 5.69 Å². The standard InChI is InChI=1S/C15H24N2O3/c1-2-3-11-16-12-5-4-6-13-20-15-9-7-14(8-10-15)17(18)19/h7-10,16H,2-6,11-13H2,1H3. The van der Waals surface area contributed by atoms with E-state index in [1.165, 1.54) is 25.0 Å². The van der Waals surface area contributed by atoms with Crippen LogP contribution in [-0.2, 0) is 0 Å². The predicted octanol–water partition coefficient (Wildman–Crippen LogP) is 3.53. The molecule has 0 unspecified atom stereocenters. The topological polar surface area (TPSA) is 64.4 Å². The van der Waals surface area contributed by atoms with Crippen LogP contribution in [0.5, 0.6) is 5.75 Å². The Morgan fingerprint density at radius 2 is 1.80 bits per heavy atom. The highest BCUT2D eigenvalue weighted by Crippen LogP contribution is 2.17. The Hall–Kier alpha value is -1.62. The summed E-state index contributed by atoms with van der Waals surface area (Å²) in [5, 5.41) is 13.9. The second kappa shape index (κ2) is 10.2. The zero-order valence-electron chi connectivity index (χ0n) is 12.1. The van der Waals surface area contributed by atoms with Crippen LogP contribution >= 0.6 is 0 Å². The maximum atomic E-state index is 10.5. The van der Waals surface area contributed by atoms with Gasteiger partial charge < -0.3 is 10.1 Å². The lowest BCUT2D eigenvalue weighted by molar-refractivity contribution is -0.384. The minimum absolute atomic E-state index is 0.0931. The largest absolute Gasteiger partial charge is 0.494 e. The summed E-state index contributed by atoms with van der Waals surface area (Å²) in [5.41, 5.74) is 0.0931. The highest BCUT2D eigenvalue weighted by molar-refractivity contribution is 5.35. The number of nitrogens with zero attached hydrogens (tertiary/aromatic N) is 1. The molecular weight excluding hydrogens is 256 g/mol. The smallest absolute Gasteiger partial charge is 0.269 e. The van der Waals surface area contributed by atoms with Gasteiger partial charge in [0.1, 0.15) is 5.75 Å². The van der Waals surface area contributed by atoms with Crippen molar-refractivity contribution in [1.29, 1.82) is 0 Å².